The average Bonchev–Trinajstić information content (AvgIpc) is 3.21. The zero-order valence-electron chi connectivity index (χ0n) is 13.2. The number of anilines is 1. The summed E-state index contributed by atoms with van der Waals surface area (Å²) in [6.45, 7) is 0.819. The molecule has 0 radical (unpaired) electrons. The number of carbonyl (C=O) groups excluding carboxylic acids is 1. The van der Waals surface area contributed by atoms with Crippen molar-refractivity contribution in [1.29, 1.82) is 0 Å². The molecular weight excluding hydrogens is 310 g/mol. The number of benzene rings is 1. The molecule has 1 aliphatic rings. The second kappa shape index (κ2) is 7.00. The number of hydrogen-bond acceptors (Lipinski definition) is 5. The highest BCUT2D eigenvalue weighted by Crippen LogP contribution is 2.34. The Bertz CT molecular complexity index is 686. The van der Waals surface area contributed by atoms with Crippen LogP contribution in [0.25, 0.3) is 0 Å². The van der Waals surface area contributed by atoms with Crippen molar-refractivity contribution in [2.24, 2.45) is 0 Å². The van der Waals surface area contributed by atoms with Gasteiger partial charge in [-0.1, -0.05) is 12.1 Å². The Morgan fingerprint density at radius 2 is 2.39 bits per heavy atom. The van der Waals surface area contributed by atoms with E-state index in [-0.39, 0.29) is 11.9 Å². The number of ether oxygens (including phenoxy) is 1. The zero-order valence-corrected chi connectivity index (χ0v) is 14.0. The summed E-state index contributed by atoms with van der Waals surface area (Å²) < 4.78 is 5.30. The number of likely N-dealkylation sites (tertiary alicyclic amines) is 1. The van der Waals surface area contributed by atoms with Crippen molar-refractivity contribution >= 4 is 22.4 Å². The predicted molar refractivity (Wildman–Crippen MR) is 91.5 cm³/mol. The fourth-order valence-electron chi connectivity index (χ4n) is 3.08. The lowest BCUT2D eigenvalue weighted by Gasteiger charge is -2.25. The molecule has 1 aliphatic heterocycles. The maximum absolute atomic E-state index is 12.6. The number of methoxy groups -OCH3 is 1. The number of aromatic nitrogens is 1. The van der Waals surface area contributed by atoms with Crippen molar-refractivity contribution in [2.45, 2.75) is 31.7 Å². The molecular formula is C17H21N3O2S. The van der Waals surface area contributed by atoms with Gasteiger partial charge in [-0.15, -0.1) is 11.3 Å². The van der Waals surface area contributed by atoms with Crippen LogP contribution in [-0.2, 0) is 11.2 Å². The average molecular weight is 331 g/mol. The van der Waals surface area contributed by atoms with E-state index < -0.39 is 0 Å². The smallest absolute Gasteiger partial charge is 0.223 e. The summed E-state index contributed by atoms with van der Waals surface area (Å²) in [7, 11) is 1.66. The second-order valence-corrected chi connectivity index (χ2v) is 6.59. The molecule has 2 N–H and O–H groups in total. The van der Waals surface area contributed by atoms with Gasteiger partial charge < -0.3 is 15.4 Å². The standard InChI is InChI=1S/C17H21N3O2S/c1-22-14-5-2-4-12(10-14)15-6-3-9-20(15)16(21)8-7-13-11-23-17(18)19-13/h2,4-5,10-11,15H,3,6-9H2,1H3,(H2,18,19)/t15-/m1/s1. The Morgan fingerprint density at radius 3 is 3.13 bits per heavy atom. The Hall–Kier alpha value is -2.08. The normalized spacial score (nSPS) is 17.4. The number of nitrogen functional groups attached to an aromatic ring is 1. The van der Waals surface area contributed by atoms with Gasteiger partial charge in [-0.25, -0.2) is 4.98 Å². The van der Waals surface area contributed by atoms with Gasteiger partial charge >= 0.3 is 0 Å². The van der Waals surface area contributed by atoms with Gasteiger partial charge in [0, 0.05) is 18.3 Å². The lowest BCUT2D eigenvalue weighted by molar-refractivity contribution is -0.132. The molecule has 23 heavy (non-hydrogen) atoms. The summed E-state index contributed by atoms with van der Waals surface area (Å²) in [4.78, 5) is 18.8. The molecule has 0 aliphatic carbocycles. The summed E-state index contributed by atoms with van der Waals surface area (Å²) >= 11 is 1.42. The Balaban J connectivity index is 1.66. The number of carbonyl (C=O) groups is 1. The first-order valence-corrected chi connectivity index (χ1v) is 8.68. The zero-order chi connectivity index (χ0) is 16.2. The van der Waals surface area contributed by atoms with Gasteiger partial charge in [-0.3, -0.25) is 4.79 Å². The second-order valence-electron chi connectivity index (χ2n) is 5.70. The summed E-state index contributed by atoms with van der Waals surface area (Å²) in [5, 5.41) is 2.48. The van der Waals surface area contributed by atoms with Crippen LogP contribution in [0.2, 0.25) is 0 Å². The van der Waals surface area contributed by atoms with E-state index in [2.05, 4.69) is 11.1 Å². The van der Waals surface area contributed by atoms with Crippen LogP contribution >= 0.6 is 11.3 Å². The van der Waals surface area contributed by atoms with Gasteiger partial charge in [-0.2, -0.15) is 0 Å². The summed E-state index contributed by atoms with van der Waals surface area (Å²) in [6, 6.07) is 8.15. The highest BCUT2D eigenvalue weighted by molar-refractivity contribution is 7.13. The first-order chi connectivity index (χ1) is 11.2. The molecule has 0 saturated carbocycles. The monoisotopic (exact) mass is 331 g/mol. The maximum atomic E-state index is 12.6. The van der Waals surface area contributed by atoms with Crippen LogP contribution in [0.3, 0.4) is 0 Å². The molecule has 1 saturated heterocycles. The number of nitrogens with two attached hydrogens (primary N) is 1. The molecule has 1 amide bonds. The molecule has 1 fully saturated rings. The molecule has 2 heterocycles. The van der Waals surface area contributed by atoms with Gasteiger partial charge in [0.15, 0.2) is 5.13 Å². The topological polar surface area (TPSA) is 68.5 Å². The highest BCUT2D eigenvalue weighted by atomic mass is 32.1. The number of nitrogens with zero attached hydrogens (tertiary/aromatic N) is 2. The van der Waals surface area contributed by atoms with Crippen molar-refractivity contribution < 1.29 is 9.53 Å². The van der Waals surface area contributed by atoms with Crippen LogP contribution in [0, 0.1) is 0 Å². The van der Waals surface area contributed by atoms with Crippen LogP contribution in [0.4, 0.5) is 5.13 Å². The fourth-order valence-corrected chi connectivity index (χ4v) is 3.67. The van der Waals surface area contributed by atoms with E-state index in [0.717, 1.165) is 36.4 Å². The van der Waals surface area contributed by atoms with Crippen molar-refractivity contribution in [2.75, 3.05) is 19.4 Å². The van der Waals surface area contributed by atoms with Crippen molar-refractivity contribution in [3.63, 3.8) is 0 Å². The first-order valence-electron chi connectivity index (χ1n) is 7.80. The quantitative estimate of drug-likeness (QED) is 0.914. The van der Waals surface area contributed by atoms with Gasteiger partial charge in [0.05, 0.1) is 18.8 Å². The molecule has 6 heteroatoms. The Labute approximate surface area is 140 Å². The molecule has 0 spiro atoms. The highest BCUT2D eigenvalue weighted by Gasteiger charge is 2.29. The molecule has 0 bridgehead atoms. The lowest BCUT2D eigenvalue weighted by atomic mass is 10.0. The lowest BCUT2D eigenvalue weighted by Crippen LogP contribution is -2.30. The summed E-state index contributed by atoms with van der Waals surface area (Å²) in [5.41, 5.74) is 7.68. The van der Waals surface area contributed by atoms with Gasteiger partial charge in [-0.05, 0) is 37.0 Å². The van der Waals surface area contributed by atoms with E-state index in [1.807, 2.05) is 28.5 Å². The third-order valence-corrected chi connectivity index (χ3v) is 4.94. The summed E-state index contributed by atoms with van der Waals surface area (Å²) in [6.07, 6.45) is 3.16. The minimum atomic E-state index is 0.151. The van der Waals surface area contributed by atoms with Gasteiger partial charge in [0.25, 0.3) is 0 Å². The molecule has 3 rings (SSSR count). The van der Waals surface area contributed by atoms with E-state index in [4.69, 9.17) is 10.5 Å². The third kappa shape index (κ3) is 3.64. The molecule has 2 aromatic rings. The van der Waals surface area contributed by atoms with E-state index in [0.29, 0.717) is 18.0 Å². The van der Waals surface area contributed by atoms with E-state index >= 15 is 0 Å². The minimum Gasteiger partial charge on any atom is -0.497 e. The van der Waals surface area contributed by atoms with Crippen LogP contribution < -0.4 is 10.5 Å². The van der Waals surface area contributed by atoms with Crippen molar-refractivity contribution in [1.82, 2.24) is 9.88 Å². The van der Waals surface area contributed by atoms with E-state index in [1.165, 1.54) is 11.3 Å². The van der Waals surface area contributed by atoms with Crippen LogP contribution in [0.1, 0.15) is 36.6 Å². The SMILES string of the molecule is COc1cccc([C@H]2CCCN2C(=O)CCc2csc(N)n2)c1. The predicted octanol–water partition coefficient (Wildman–Crippen LogP) is 3.03. The number of hydrogen-bond donors (Lipinski definition) is 1. The van der Waals surface area contributed by atoms with Gasteiger partial charge in [0.2, 0.25) is 5.91 Å². The minimum absolute atomic E-state index is 0.151. The maximum Gasteiger partial charge on any atom is 0.223 e. The molecule has 122 valence electrons. The van der Waals surface area contributed by atoms with Crippen LogP contribution in [0.5, 0.6) is 5.75 Å². The van der Waals surface area contributed by atoms with E-state index in [1.54, 1.807) is 7.11 Å². The molecule has 1 aromatic heterocycles. The number of rotatable bonds is 5. The largest absolute Gasteiger partial charge is 0.497 e. The Morgan fingerprint density at radius 1 is 1.52 bits per heavy atom. The molecule has 0 unspecified atom stereocenters. The van der Waals surface area contributed by atoms with Crippen molar-refractivity contribution in [3.8, 4) is 5.75 Å². The van der Waals surface area contributed by atoms with E-state index in [9.17, 15) is 4.79 Å². The number of amides is 1. The summed E-state index contributed by atoms with van der Waals surface area (Å²) in [5.74, 6) is 1.02. The van der Waals surface area contributed by atoms with Crippen LogP contribution in [0.15, 0.2) is 29.6 Å². The Kier molecular flexibility index (Phi) is 4.81. The third-order valence-electron chi connectivity index (χ3n) is 4.22. The fraction of sp³-hybridized carbons (Fsp3) is 0.412. The van der Waals surface area contributed by atoms with Crippen molar-refractivity contribution in [3.05, 3.63) is 40.9 Å². The molecule has 5 nitrogen and oxygen atoms in total. The number of aryl methyl sites for hydroxylation is 1. The molecule has 1 aromatic carbocycles. The van der Waals surface area contributed by atoms with Crippen LogP contribution in [-0.4, -0.2) is 29.4 Å². The molecule has 1 atom stereocenters. The first kappa shape index (κ1) is 15.8. The van der Waals surface area contributed by atoms with Gasteiger partial charge in [0.1, 0.15) is 5.75 Å². The number of thiazole rings is 1.